The Morgan fingerprint density at radius 2 is 1.87 bits per heavy atom. The summed E-state index contributed by atoms with van der Waals surface area (Å²) in [6.45, 7) is 7.98. The molecule has 31 heavy (non-hydrogen) atoms. The number of thiazole rings is 1. The minimum Gasteiger partial charge on any atom is -0.302 e. The molecule has 0 radical (unpaired) electrons. The SMILES string of the molecule is CCN(CC)CCn1c2c(c(SCc3csc(-c4ccccc4)n3)nc1=O)CCCC2. The number of likely N-dealkylation sites (N-methyl/N-ethyl adjacent to an activating group) is 1. The fraction of sp³-hybridized carbons (Fsp3) is 0.458. The van der Waals surface area contributed by atoms with E-state index in [9.17, 15) is 4.79 Å². The van der Waals surface area contributed by atoms with Crippen molar-refractivity contribution in [3.8, 4) is 10.6 Å². The molecule has 5 nitrogen and oxygen atoms in total. The number of nitrogens with zero attached hydrogens (tertiary/aromatic N) is 4. The number of rotatable bonds is 9. The third-order valence-corrected chi connectivity index (χ3v) is 7.91. The van der Waals surface area contributed by atoms with Crippen LogP contribution in [0.25, 0.3) is 10.6 Å². The van der Waals surface area contributed by atoms with Crippen molar-refractivity contribution >= 4 is 23.1 Å². The van der Waals surface area contributed by atoms with Crippen LogP contribution in [0.3, 0.4) is 0 Å². The summed E-state index contributed by atoms with van der Waals surface area (Å²) in [6.07, 6.45) is 4.32. The van der Waals surface area contributed by atoms with Crippen LogP contribution in [0.1, 0.15) is 43.6 Å². The van der Waals surface area contributed by atoms with Gasteiger partial charge in [-0.1, -0.05) is 55.9 Å². The summed E-state index contributed by atoms with van der Waals surface area (Å²) in [4.78, 5) is 24.6. The third kappa shape index (κ3) is 5.27. The van der Waals surface area contributed by atoms with E-state index in [0.717, 1.165) is 72.5 Å². The quantitative estimate of drug-likeness (QED) is 0.341. The maximum atomic E-state index is 12.9. The molecule has 7 heteroatoms. The predicted octanol–water partition coefficient (Wildman–Crippen LogP) is 4.88. The van der Waals surface area contributed by atoms with E-state index < -0.39 is 0 Å². The molecule has 0 aliphatic heterocycles. The van der Waals surface area contributed by atoms with E-state index in [4.69, 9.17) is 4.98 Å². The first-order valence-corrected chi connectivity index (χ1v) is 13.0. The van der Waals surface area contributed by atoms with Crippen molar-refractivity contribution in [1.82, 2.24) is 19.4 Å². The first-order chi connectivity index (χ1) is 15.2. The molecule has 0 amide bonds. The molecule has 0 N–H and O–H groups in total. The molecule has 1 aliphatic carbocycles. The van der Waals surface area contributed by atoms with Crippen LogP contribution in [-0.4, -0.2) is 39.1 Å². The Morgan fingerprint density at radius 3 is 2.65 bits per heavy atom. The van der Waals surface area contributed by atoms with Gasteiger partial charge in [0.2, 0.25) is 0 Å². The summed E-state index contributed by atoms with van der Waals surface area (Å²) in [6, 6.07) is 10.3. The molecule has 0 bridgehead atoms. The zero-order valence-corrected chi connectivity index (χ0v) is 20.0. The van der Waals surface area contributed by atoms with Crippen LogP contribution < -0.4 is 5.69 Å². The van der Waals surface area contributed by atoms with Gasteiger partial charge in [-0.2, -0.15) is 4.98 Å². The van der Waals surface area contributed by atoms with Crippen LogP contribution in [0, 0.1) is 0 Å². The summed E-state index contributed by atoms with van der Waals surface area (Å²) >= 11 is 3.33. The molecule has 1 aliphatic rings. The maximum Gasteiger partial charge on any atom is 0.348 e. The van der Waals surface area contributed by atoms with E-state index in [2.05, 4.69) is 41.2 Å². The van der Waals surface area contributed by atoms with Crippen molar-refractivity contribution in [1.29, 1.82) is 0 Å². The Labute approximate surface area is 192 Å². The van der Waals surface area contributed by atoms with E-state index in [1.165, 1.54) is 17.7 Å². The van der Waals surface area contributed by atoms with E-state index in [-0.39, 0.29) is 5.69 Å². The highest BCUT2D eigenvalue weighted by Crippen LogP contribution is 2.32. The lowest BCUT2D eigenvalue weighted by Crippen LogP contribution is -2.35. The first-order valence-electron chi connectivity index (χ1n) is 11.2. The standard InChI is InChI=1S/C24H30N4OS2/c1-3-27(4-2)14-15-28-21-13-9-8-12-20(21)23(26-24(28)29)31-17-19-16-30-22(25-19)18-10-6-5-7-11-18/h5-7,10-11,16H,3-4,8-9,12-15,17H2,1-2H3. The number of fused-ring (bicyclic) bond motifs is 1. The fourth-order valence-electron chi connectivity index (χ4n) is 4.11. The molecule has 0 spiro atoms. The highest BCUT2D eigenvalue weighted by atomic mass is 32.2. The average Bonchev–Trinajstić information content (AvgIpc) is 3.29. The summed E-state index contributed by atoms with van der Waals surface area (Å²) in [5.74, 6) is 0.742. The Hall–Kier alpha value is -1.96. The first kappa shape index (κ1) is 22.2. The lowest BCUT2D eigenvalue weighted by molar-refractivity contribution is 0.285. The highest BCUT2D eigenvalue weighted by molar-refractivity contribution is 7.98. The Kier molecular flexibility index (Phi) is 7.58. The van der Waals surface area contributed by atoms with Crippen molar-refractivity contribution in [2.24, 2.45) is 0 Å². The summed E-state index contributed by atoms with van der Waals surface area (Å²) in [7, 11) is 0. The van der Waals surface area contributed by atoms with Crippen LogP contribution in [0.4, 0.5) is 0 Å². The monoisotopic (exact) mass is 454 g/mol. The molecule has 0 fully saturated rings. The van der Waals surface area contributed by atoms with Gasteiger partial charge in [0.25, 0.3) is 0 Å². The maximum absolute atomic E-state index is 12.9. The van der Waals surface area contributed by atoms with Crippen LogP contribution in [0.2, 0.25) is 0 Å². The second-order valence-electron chi connectivity index (χ2n) is 7.81. The molecule has 0 atom stereocenters. The zero-order valence-electron chi connectivity index (χ0n) is 18.3. The number of thioether (sulfide) groups is 1. The Balaban J connectivity index is 1.52. The lowest BCUT2D eigenvalue weighted by Gasteiger charge is -2.24. The van der Waals surface area contributed by atoms with Gasteiger partial charge in [-0.25, -0.2) is 9.78 Å². The molecule has 4 rings (SSSR count). The van der Waals surface area contributed by atoms with Crippen LogP contribution in [0.5, 0.6) is 0 Å². The van der Waals surface area contributed by atoms with Gasteiger partial charge in [0.15, 0.2) is 0 Å². The van der Waals surface area contributed by atoms with Gasteiger partial charge in [-0.15, -0.1) is 11.3 Å². The number of hydrogen-bond donors (Lipinski definition) is 0. The molecule has 0 saturated heterocycles. The van der Waals surface area contributed by atoms with Gasteiger partial charge in [-0.05, 0) is 38.8 Å². The van der Waals surface area contributed by atoms with Gasteiger partial charge in [-0.3, -0.25) is 4.57 Å². The topological polar surface area (TPSA) is 51.0 Å². The minimum absolute atomic E-state index is 0.0986. The van der Waals surface area contributed by atoms with Crippen molar-refractivity contribution in [2.75, 3.05) is 19.6 Å². The summed E-state index contributed by atoms with van der Waals surface area (Å²) in [5, 5.41) is 4.07. The highest BCUT2D eigenvalue weighted by Gasteiger charge is 2.21. The second-order valence-corrected chi connectivity index (χ2v) is 9.63. The van der Waals surface area contributed by atoms with Gasteiger partial charge >= 0.3 is 5.69 Å². The van der Waals surface area contributed by atoms with Crippen LogP contribution in [0.15, 0.2) is 45.5 Å². The molecule has 3 aromatic rings. The Morgan fingerprint density at radius 1 is 1.10 bits per heavy atom. The van der Waals surface area contributed by atoms with Crippen molar-refractivity contribution in [3.63, 3.8) is 0 Å². The molecule has 2 aromatic heterocycles. The van der Waals surface area contributed by atoms with Crippen LogP contribution >= 0.6 is 23.1 Å². The Bertz CT molecular complexity index is 1060. The normalized spacial score (nSPS) is 13.5. The van der Waals surface area contributed by atoms with E-state index in [0.29, 0.717) is 0 Å². The van der Waals surface area contributed by atoms with Gasteiger partial charge in [0.05, 0.1) is 5.69 Å². The number of hydrogen-bond acceptors (Lipinski definition) is 6. The molecular formula is C24H30N4OS2. The van der Waals surface area contributed by atoms with Gasteiger partial charge in [0.1, 0.15) is 10.0 Å². The predicted molar refractivity (Wildman–Crippen MR) is 130 cm³/mol. The fourth-order valence-corrected chi connectivity index (χ4v) is 6.01. The van der Waals surface area contributed by atoms with Crippen molar-refractivity contribution in [3.05, 3.63) is 63.1 Å². The van der Waals surface area contributed by atoms with Gasteiger partial charge < -0.3 is 4.90 Å². The lowest BCUT2D eigenvalue weighted by atomic mass is 9.97. The van der Waals surface area contributed by atoms with Gasteiger partial charge in [0, 0.05) is 41.0 Å². The van der Waals surface area contributed by atoms with Crippen LogP contribution in [-0.2, 0) is 25.1 Å². The zero-order chi connectivity index (χ0) is 21.6. The molecule has 1 aromatic carbocycles. The van der Waals surface area contributed by atoms with E-state index >= 15 is 0 Å². The van der Waals surface area contributed by atoms with Crippen molar-refractivity contribution in [2.45, 2.75) is 56.9 Å². The molecule has 164 valence electrons. The molecule has 2 heterocycles. The third-order valence-electron chi connectivity index (χ3n) is 5.91. The summed E-state index contributed by atoms with van der Waals surface area (Å²) in [5.41, 5.74) is 4.60. The molecule has 0 unspecified atom stereocenters. The minimum atomic E-state index is -0.0986. The van der Waals surface area contributed by atoms with E-state index in [1.54, 1.807) is 23.1 Å². The molecular weight excluding hydrogens is 424 g/mol. The van der Waals surface area contributed by atoms with E-state index in [1.807, 2.05) is 22.8 Å². The van der Waals surface area contributed by atoms with Crippen molar-refractivity contribution < 1.29 is 0 Å². The average molecular weight is 455 g/mol. The number of benzene rings is 1. The number of aromatic nitrogens is 3. The summed E-state index contributed by atoms with van der Waals surface area (Å²) < 4.78 is 1.94. The molecule has 0 saturated carbocycles. The second kappa shape index (κ2) is 10.6. The smallest absolute Gasteiger partial charge is 0.302 e. The largest absolute Gasteiger partial charge is 0.348 e.